The summed E-state index contributed by atoms with van der Waals surface area (Å²) in [5.41, 5.74) is 0.833. The van der Waals surface area contributed by atoms with Crippen molar-refractivity contribution in [3.05, 3.63) is 41.6 Å². The van der Waals surface area contributed by atoms with E-state index in [0.717, 1.165) is 75.8 Å². The van der Waals surface area contributed by atoms with Gasteiger partial charge in [-0.3, -0.25) is 14.5 Å². The maximum atomic E-state index is 13.8. The Bertz CT molecular complexity index is 1530. The molecule has 4 fully saturated rings. The number of benzene rings is 1. The number of Topliss-reactive ketones (excluding diaryl/α,β-unsaturated/α-hetero) is 1. The van der Waals surface area contributed by atoms with Crippen LogP contribution in [0.15, 0.2) is 35.4 Å². The summed E-state index contributed by atoms with van der Waals surface area (Å²) >= 11 is 0. The Morgan fingerprint density at radius 1 is 1.09 bits per heavy atom. The fourth-order valence-electron chi connectivity index (χ4n) is 7.31. The predicted molar refractivity (Wildman–Crippen MR) is 163 cm³/mol. The number of hydrogen-bond donors (Lipinski definition) is 1. The van der Waals surface area contributed by atoms with E-state index in [9.17, 15) is 18.0 Å². The third-order valence-corrected chi connectivity index (χ3v) is 11.9. The number of rotatable bonds is 8. The minimum Gasteiger partial charge on any atom is -0.353 e. The average Bonchev–Trinajstić information content (AvgIpc) is 3.80. The first-order valence-corrected chi connectivity index (χ1v) is 17.5. The Labute approximate surface area is 258 Å². The van der Waals surface area contributed by atoms with Gasteiger partial charge >= 0.3 is 0 Å². The molecule has 0 bridgehead atoms. The first-order chi connectivity index (χ1) is 21.2. The van der Waals surface area contributed by atoms with Gasteiger partial charge in [0.05, 0.1) is 16.4 Å². The number of fused-ring (bicyclic) bond motifs is 2. The van der Waals surface area contributed by atoms with Crippen molar-refractivity contribution in [1.29, 1.82) is 0 Å². The quantitative estimate of drug-likeness (QED) is 0.431. The van der Waals surface area contributed by atoms with Gasteiger partial charge in [-0.2, -0.15) is 9.29 Å². The van der Waals surface area contributed by atoms with E-state index in [4.69, 9.17) is 14.5 Å². The second kappa shape index (κ2) is 11.8. The van der Waals surface area contributed by atoms with Gasteiger partial charge in [-0.15, -0.1) is 0 Å². The molecule has 2 saturated heterocycles. The standard InChI is InChI=1S/C32H41N5O6S/c1-21(38)22-6-4-9-26(18-22)44(40,41)36-15-11-23(12-16-36)34-31-33-20-27-29(35-31)37(30(39)32(27)13-14-32)24-7-5-8-25(19-24)43-28-10-2-3-17-42-28/h4,6,9,18,20,23-25,28H,2-3,5,7-8,10-17,19H2,1H3,(H,33,34,35)/t24-,25-,28?/m1/s1. The molecule has 2 aliphatic carbocycles. The summed E-state index contributed by atoms with van der Waals surface area (Å²) in [6.07, 6.45) is 11.4. The smallest absolute Gasteiger partial charge is 0.243 e. The Morgan fingerprint density at radius 2 is 1.91 bits per heavy atom. The number of nitrogens with zero attached hydrogens (tertiary/aromatic N) is 4. The Hall–Kier alpha value is -2.93. The van der Waals surface area contributed by atoms with Crippen LogP contribution in [0.1, 0.15) is 93.5 Å². The molecule has 3 atom stereocenters. The van der Waals surface area contributed by atoms with Crippen molar-refractivity contribution in [1.82, 2.24) is 14.3 Å². The molecule has 3 aliphatic heterocycles. The number of nitrogens with one attached hydrogen (secondary N) is 1. The molecule has 7 rings (SSSR count). The van der Waals surface area contributed by atoms with E-state index in [2.05, 4.69) is 10.3 Å². The zero-order valence-electron chi connectivity index (χ0n) is 25.2. The summed E-state index contributed by atoms with van der Waals surface area (Å²) in [5.74, 6) is 1.16. The maximum Gasteiger partial charge on any atom is 0.243 e. The van der Waals surface area contributed by atoms with Gasteiger partial charge in [0.2, 0.25) is 21.9 Å². The SMILES string of the molecule is CC(=O)c1cccc(S(=O)(=O)N2CCC(Nc3ncc4c(n3)N([C@@H]3CCC[C@@H](OC5CCCCO5)C3)C(=O)C43CC3)CC2)c1. The average molecular weight is 624 g/mol. The number of ketones is 1. The minimum absolute atomic E-state index is 0.00792. The number of anilines is 2. The predicted octanol–water partition coefficient (Wildman–Crippen LogP) is 4.18. The van der Waals surface area contributed by atoms with Gasteiger partial charge in [0.25, 0.3) is 0 Å². The van der Waals surface area contributed by atoms with Crippen LogP contribution in [0.4, 0.5) is 11.8 Å². The second-order valence-electron chi connectivity index (χ2n) is 13.0. The van der Waals surface area contributed by atoms with Crippen molar-refractivity contribution >= 4 is 33.5 Å². The Kier molecular flexibility index (Phi) is 7.97. The first kappa shape index (κ1) is 29.8. The summed E-state index contributed by atoms with van der Waals surface area (Å²) in [6.45, 7) is 2.86. The minimum atomic E-state index is -3.71. The highest BCUT2D eigenvalue weighted by molar-refractivity contribution is 7.89. The normalized spacial score (nSPS) is 27.3. The highest BCUT2D eigenvalue weighted by atomic mass is 32.2. The summed E-state index contributed by atoms with van der Waals surface area (Å²) in [5, 5.41) is 3.43. The number of aromatic nitrogens is 2. The van der Waals surface area contributed by atoms with Crippen LogP contribution in [0.25, 0.3) is 0 Å². The summed E-state index contributed by atoms with van der Waals surface area (Å²) in [4.78, 5) is 37.3. The van der Waals surface area contributed by atoms with Gasteiger partial charge in [0.1, 0.15) is 5.82 Å². The van der Waals surface area contributed by atoms with Crippen LogP contribution in [-0.4, -0.2) is 78.6 Å². The molecule has 1 spiro atoms. The van der Waals surface area contributed by atoms with Crippen LogP contribution in [-0.2, 0) is 29.7 Å². The second-order valence-corrected chi connectivity index (χ2v) is 14.9. The topological polar surface area (TPSA) is 131 Å². The van der Waals surface area contributed by atoms with Crippen LogP contribution in [0, 0.1) is 0 Å². The monoisotopic (exact) mass is 623 g/mol. The van der Waals surface area contributed by atoms with Crippen molar-refractivity contribution in [2.45, 2.75) is 112 Å². The molecule has 236 valence electrons. The number of amides is 1. The van der Waals surface area contributed by atoms with Gasteiger partial charge in [0, 0.05) is 49.1 Å². The van der Waals surface area contributed by atoms with Crippen molar-refractivity contribution in [2.24, 2.45) is 0 Å². The molecule has 0 radical (unpaired) electrons. The van der Waals surface area contributed by atoms with E-state index in [1.807, 2.05) is 11.1 Å². The molecule has 2 aromatic rings. The Morgan fingerprint density at radius 3 is 2.64 bits per heavy atom. The number of carbonyl (C=O) groups excluding carboxylic acids is 2. The molecule has 12 heteroatoms. The summed E-state index contributed by atoms with van der Waals surface area (Å²) in [6, 6.07) is 6.24. The fourth-order valence-corrected chi connectivity index (χ4v) is 8.83. The number of sulfonamides is 1. The molecule has 11 nitrogen and oxygen atoms in total. The van der Waals surface area contributed by atoms with Crippen molar-refractivity contribution in [3.8, 4) is 0 Å². The molecule has 1 aromatic heterocycles. The number of carbonyl (C=O) groups is 2. The largest absolute Gasteiger partial charge is 0.353 e. The summed E-state index contributed by atoms with van der Waals surface area (Å²) in [7, 11) is -3.71. The van der Waals surface area contributed by atoms with Crippen LogP contribution in [0.3, 0.4) is 0 Å². The third-order valence-electron chi connectivity index (χ3n) is 10.0. The van der Waals surface area contributed by atoms with Crippen LogP contribution < -0.4 is 10.2 Å². The van der Waals surface area contributed by atoms with E-state index < -0.39 is 15.4 Å². The molecule has 1 aromatic carbocycles. The van der Waals surface area contributed by atoms with E-state index in [1.165, 1.54) is 23.4 Å². The molecular weight excluding hydrogens is 582 g/mol. The van der Waals surface area contributed by atoms with Crippen molar-refractivity contribution < 1.29 is 27.5 Å². The van der Waals surface area contributed by atoms with Crippen molar-refractivity contribution in [2.75, 3.05) is 29.9 Å². The zero-order valence-corrected chi connectivity index (χ0v) is 26.1. The maximum absolute atomic E-state index is 13.8. The zero-order chi connectivity index (χ0) is 30.5. The van der Waals surface area contributed by atoms with Gasteiger partial charge in [-0.05, 0) is 89.7 Å². The molecule has 5 aliphatic rings. The highest BCUT2D eigenvalue weighted by Crippen LogP contribution is 2.57. The van der Waals surface area contributed by atoms with Gasteiger partial charge in [-0.1, -0.05) is 12.1 Å². The van der Waals surface area contributed by atoms with E-state index >= 15 is 0 Å². The molecule has 1 amide bonds. The number of hydrogen-bond acceptors (Lipinski definition) is 9. The summed E-state index contributed by atoms with van der Waals surface area (Å²) < 4.78 is 40.2. The molecule has 1 unspecified atom stereocenters. The number of piperidine rings is 1. The lowest BCUT2D eigenvalue weighted by atomic mass is 9.91. The molecule has 1 N–H and O–H groups in total. The lowest BCUT2D eigenvalue weighted by Gasteiger charge is -2.37. The van der Waals surface area contributed by atoms with Crippen molar-refractivity contribution in [3.63, 3.8) is 0 Å². The molecule has 44 heavy (non-hydrogen) atoms. The lowest BCUT2D eigenvalue weighted by Crippen LogP contribution is -2.45. The highest BCUT2D eigenvalue weighted by Gasteiger charge is 2.61. The van der Waals surface area contributed by atoms with Crippen LogP contribution in [0.5, 0.6) is 0 Å². The van der Waals surface area contributed by atoms with Crippen LogP contribution >= 0.6 is 0 Å². The Balaban J connectivity index is 1.03. The van der Waals surface area contributed by atoms with E-state index in [1.54, 1.807) is 12.1 Å². The van der Waals surface area contributed by atoms with Gasteiger partial charge in [-0.25, -0.2) is 13.4 Å². The number of ether oxygens (including phenoxy) is 2. The first-order valence-electron chi connectivity index (χ1n) is 16.1. The molecule has 4 heterocycles. The molecule has 2 saturated carbocycles. The van der Waals surface area contributed by atoms with E-state index in [0.29, 0.717) is 37.4 Å². The van der Waals surface area contributed by atoms with Gasteiger partial charge in [0.15, 0.2) is 12.1 Å². The third kappa shape index (κ3) is 5.54. The van der Waals surface area contributed by atoms with E-state index in [-0.39, 0.29) is 41.1 Å². The fraction of sp³-hybridized carbons (Fsp3) is 0.625. The lowest BCUT2D eigenvalue weighted by molar-refractivity contribution is -0.193. The van der Waals surface area contributed by atoms with Crippen LogP contribution in [0.2, 0.25) is 0 Å². The van der Waals surface area contributed by atoms with Gasteiger partial charge < -0.3 is 14.8 Å². The molecular formula is C32H41N5O6S.